The van der Waals surface area contributed by atoms with E-state index in [1.807, 2.05) is 37.3 Å². The molecule has 0 bridgehead atoms. The number of fused-ring (bicyclic) bond motifs is 1. The van der Waals surface area contributed by atoms with E-state index in [9.17, 15) is 4.79 Å². The molecular weight excluding hydrogens is 214 g/mol. The molecule has 3 nitrogen and oxygen atoms in total. The van der Waals surface area contributed by atoms with Gasteiger partial charge in [-0.1, -0.05) is 30.4 Å². The summed E-state index contributed by atoms with van der Waals surface area (Å²) in [7, 11) is 0. The Morgan fingerprint density at radius 1 is 1.41 bits per heavy atom. The van der Waals surface area contributed by atoms with Gasteiger partial charge in [0.1, 0.15) is 0 Å². The van der Waals surface area contributed by atoms with Crippen molar-refractivity contribution in [2.24, 2.45) is 0 Å². The third-order valence-electron chi connectivity index (χ3n) is 2.66. The summed E-state index contributed by atoms with van der Waals surface area (Å²) in [5.74, 6) is -0.821. The van der Waals surface area contributed by atoms with Crippen molar-refractivity contribution in [3.8, 4) is 0 Å². The molecule has 0 aliphatic heterocycles. The van der Waals surface area contributed by atoms with Gasteiger partial charge in [0.2, 0.25) is 0 Å². The Kier molecular flexibility index (Phi) is 3.19. The van der Waals surface area contributed by atoms with E-state index < -0.39 is 5.97 Å². The first-order chi connectivity index (χ1) is 8.18. The van der Waals surface area contributed by atoms with Crippen LogP contribution in [-0.4, -0.2) is 16.1 Å². The molecule has 17 heavy (non-hydrogen) atoms. The smallest absolute Gasteiger partial charge is 0.307 e. The van der Waals surface area contributed by atoms with Gasteiger partial charge in [0, 0.05) is 11.6 Å². The monoisotopic (exact) mass is 227 g/mol. The summed E-state index contributed by atoms with van der Waals surface area (Å²) in [5, 5.41) is 9.67. The van der Waals surface area contributed by atoms with E-state index in [-0.39, 0.29) is 6.42 Å². The molecule has 1 heterocycles. The highest BCUT2D eigenvalue weighted by atomic mass is 16.4. The number of aromatic nitrogens is 1. The summed E-state index contributed by atoms with van der Waals surface area (Å²) in [6.07, 6.45) is 5.29. The van der Waals surface area contributed by atoms with Crippen molar-refractivity contribution in [1.29, 1.82) is 0 Å². The zero-order valence-corrected chi connectivity index (χ0v) is 9.55. The fraction of sp³-hybridized carbons (Fsp3) is 0.143. The van der Waals surface area contributed by atoms with Crippen LogP contribution in [0.5, 0.6) is 0 Å². The number of rotatable bonds is 3. The molecule has 86 valence electrons. The molecule has 0 aliphatic carbocycles. The molecule has 0 spiro atoms. The summed E-state index contributed by atoms with van der Waals surface area (Å²) >= 11 is 0. The normalized spacial score (nSPS) is 11.1. The number of nitrogens with zero attached hydrogens (tertiary/aromatic N) is 1. The van der Waals surface area contributed by atoms with Crippen LogP contribution in [0.2, 0.25) is 0 Å². The first-order valence-electron chi connectivity index (χ1n) is 5.41. The Balaban J connectivity index is 2.39. The maximum atomic E-state index is 10.4. The fourth-order valence-corrected chi connectivity index (χ4v) is 1.77. The number of hydrogen-bond donors (Lipinski definition) is 1. The zero-order chi connectivity index (χ0) is 12.3. The van der Waals surface area contributed by atoms with Gasteiger partial charge in [-0.05, 0) is 24.1 Å². The van der Waals surface area contributed by atoms with Crippen LogP contribution in [0.3, 0.4) is 0 Å². The first-order valence-corrected chi connectivity index (χ1v) is 5.41. The molecule has 2 rings (SSSR count). The van der Waals surface area contributed by atoms with Gasteiger partial charge in [0.25, 0.3) is 0 Å². The van der Waals surface area contributed by atoms with Gasteiger partial charge >= 0.3 is 5.97 Å². The van der Waals surface area contributed by atoms with Crippen LogP contribution in [-0.2, 0) is 4.79 Å². The van der Waals surface area contributed by atoms with Gasteiger partial charge in [-0.3, -0.25) is 9.78 Å². The number of aliphatic carboxylic acids is 1. The largest absolute Gasteiger partial charge is 0.481 e. The SMILES string of the molecule is Cc1c(C=CCC(=O)O)ccc2cccnc12. The predicted molar refractivity (Wildman–Crippen MR) is 67.8 cm³/mol. The van der Waals surface area contributed by atoms with E-state index in [1.54, 1.807) is 12.3 Å². The van der Waals surface area contributed by atoms with E-state index in [1.165, 1.54) is 0 Å². The van der Waals surface area contributed by atoms with Crippen molar-refractivity contribution in [2.45, 2.75) is 13.3 Å². The van der Waals surface area contributed by atoms with Crippen molar-refractivity contribution < 1.29 is 9.90 Å². The molecule has 0 atom stereocenters. The van der Waals surface area contributed by atoms with Crippen LogP contribution in [0.25, 0.3) is 17.0 Å². The zero-order valence-electron chi connectivity index (χ0n) is 9.55. The van der Waals surface area contributed by atoms with Crippen LogP contribution < -0.4 is 0 Å². The highest BCUT2D eigenvalue weighted by Crippen LogP contribution is 2.20. The Morgan fingerprint density at radius 3 is 3.00 bits per heavy atom. The lowest BCUT2D eigenvalue weighted by molar-refractivity contribution is -0.135. The molecule has 1 aromatic carbocycles. The molecule has 0 fully saturated rings. The maximum Gasteiger partial charge on any atom is 0.307 e. The average molecular weight is 227 g/mol. The molecule has 0 saturated heterocycles. The highest BCUT2D eigenvalue weighted by molar-refractivity contribution is 5.85. The average Bonchev–Trinajstić information content (AvgIpc) is 2.32. The Labute approximate surface area is 99.4 Å². The molecular formula is C14H13NO2. The Morgan fingerprint density at radius 2 is 2.24 bits per heavy atom. The molecule has 0 amide bonds. The summed E-state index contributed by atoms with van der Waals surface area (Å²) in [6.45, 7) is 2.00. The Hall–Kier alpha value is -2.16. The van der Waals surface area contributed by atoms with Gasteiger partial charge in [0.05, 0.1) is 11.9 Å². The molecule has 1 N–H and O–H groups in total. The summed E-state index contributed by atoms with van der Waals surface area (Å²) in [6, 6.07) is 7.90. The van der Waals surface area contributed by atoms with Gasteiger partial charge in [0.15, 0.2) is 0 Å². The first kappa shape index (κ1) is 11.3. The van der Waals surface area contributed by atoms with Gasteiger partial charge < -0.3 is 5.11 Å². The lowest BCUT2D eigenvalue weighted by Crippen LogP contribution is -1.90. The summed E-state index contributed by atoms with van der Waals surface area (Å²) in [5.41, 5.74) is 3.05. The van der Waals surface area contributed by atoms with E-state index in [2.05, 4.69) is 4.98 Å². The highest BCUT2D eigenvalue weighted by Gasteiger charge is 2.01. The van der Waals surface area contributed by atoms with E-state index in [0.29, 0.717) is 0 Å². The third-order valence-corrected chi connectivity index (χ3v) is 2.66. The van der Waals surface area contributed by atoms with Crippen LogP contribution in [0, 0.1) is 6.92 Å². The minimum Gasteiger partial charge on any atom is -0.481 e. The molecule has 0 aliphatic rings. The second kappa shape index (κ2) is 4.78. The quantitative estimate of drug-likeness (QED) is 0.876. The predicted octanol–water partition coefficient (Wildman–Crippen LogP) is 3.03. The van der Waals surface area contributed by atoms with Crippen LogP contribution in [0.1, 0.15) is 17.5 Å². The van der Waals surface area contributed by atoms with Crippen LogP contribution in [0.15, 0.2) is 36.5 Å². The van der Waals surface area contributed by atoms with E-state index in [0.717, 1.165) is 22.0 Å². The number of carbonyl (C=O) groups is 1. The second-order valence-electron chi connectivity index (χ2n) is 3.86. The second-order valence-corrected chi connectivity index (χ2v) is 3.86. The van der Waals surface area contributed by atoms with Crippen molar-refractivity contribution in [1.82, 2.24) is 4.98 Å². The number of hydrogen-bond acceptors (Lipinski definition) is 2. The summed E-state index contributed by atoms with van der Waals surface area (Å²) in [4.78, 5) is 14.8. The topological polar surface area (TPSA) is 50.2 Å². The van der Waals surface area contributed by atoms with Crippen molar-refractivity contribution in [2.75, 3.05) is 0 Å². The summed E-state index contributed by atoms with van der Waals surface area (Å²) < 4.78 is 0. The van der Waals surface area contributed by atoms with Crippen LogP contribution in [0.4, 0.5) is 0 Å². The lowest BCUT2D eigenvalue weighted by Gasteiger charge is -2.04. The number of benzene rings is 1. The van der Waals surface area contributed by atoms with Gasteiger partial charge in [-0.25, -0.2) is 0 Å². The molecule has 3 heteroatoms. The van der Waals surface area contributed by atoms with Gasteiger partial charge in [-0.2, -0.15) is 0 Å². The minimum absolute atomic E-state index is 0.0414. The van der Waals surface area contributed by atoms with Crippen molar-refractivity contribution >= 4 is 22.9 Å². The molecule has 2 aromatic rings. The number of pyridine rings is 1. The molecule has 1 aromatic heterocycles. The number of carboxylic acids is 1. The Bertz CT molecular complexity index is 588. The van der Waals surface area contributed by atoms with Crippen molar-refractivity contribution in [3.05, 3.63) is 47.7 Å². The minimum atomic E-state index is -0.821. The standard InChI is InChI=1S/C14H13NO2/c1-10-11(4-2-6-13(16)17)7-8-12-5-3-9-15-14(10)12/h2-5,7-9H,6H2,1H3,(H,16,17). The van der Waals surface area contributed by atoms with Gasteiger partial charge in [-0.15, -0.1) is 0 Å². The molecule has 0 unspecified atom stereocenters. The number of aryl methyl sites for hydroxylation is 1. The van der Waals surface area contributed by atoms with Crippen LogP contribution >= 0.6 is 0 Å². The van der Waals surface area contributed by atoms with E-state index >= 15 is 0 Å². The number of carboxylic acid groups (broad SMARTS) is 1. The van der Waals surface area contributed by atoms with Crippen molar-refractivity contribution in [3.63, 3.8) is 0 Å². The molecule has 0 saturated carbocycles. The fourth-order valence-electron chi connectivity index (χ4n) is 1.77. The third kappa shape index (κ3) is 2.50. The maximum absolute atomic E-state index is 10.4. The van der Waals surface area contributed by atoms with E-state index in [4.69, 9.17) is 5.11 Å². The molecule has 0 radical (unpaired) electrons. The lowest BCUT2D eigenvalue weighted by atomic mass is 10.0.